The molecule has 0 aliphatic carbocycles. The summed E-state index contributed by atoms with van der Waals surface area (Å²) in [5, 5.41) is -0.0180. The minimum atomic E-state index is -3.59. The first-order valence-electron chi connectivity index (χ1n) is 9.06. The van der Waals surface area contributed by atoms with Gasteiger partial charge in [-0.25, -0.2) is 18.2 Å². The van der Waals surface area contributed by atoms with Gasteiger partial charge in [-0.3, -0.25) is 4.98 Å². The highest BCUT2D eigenvalue weighted by atomic mass is 32.2. The van der Waals surface area contributed by atoms with Gasteiger partial charge in [-0.15, -0.1) is 0 Å². The zero-order chi connectivity index (χ0) is 19.7. The summed E-state index contributed by atoms with van der Waals surface area (Å²) in [4.78, 5) is 22.3. The van der Waals surface area contributed by atoms with E-state index in [0.29, 0.717) is 24.1 Å². The lowest BCUT2D eigenvalue weighted by atomic mass is 10.0. The van der Waals surface area contributed by atoms with Gasteiger partial charge < -0.3 is 9.64 Å². The third-order valence-electron chi connectivity index (χ3n) is 4.37. The number of aromatic nitrogens is 2. The van der Waals surface area contributed by atoms with E-state index >= 15 is 0 Å². The quantitative estimate of drug-likeness (QED) is 0.799. The van der Waals surface area contributed by atoms with E-state index in [-0.39, 0.29) is 16.7 Å². The van der Waals surface area contributed by atoms with Gasteiger partial charge in [0.1, 0.15) is 5.60 Å². The van der Waals surface area contributed by atoms with Gasteiger partial charge in [-0.1, -0.05) is 12.1 Å². The normalized spacial score (nSPS) is 18.5. The van der Waals surface area contributed by atoms with E-state index in [1.54, 1.807) is 23.1 Å². The number of hydrogen-bond donors (Lipinski definition) is 0. The zero-order valence-electron chi connectivity index (χ0n) is 15.9. The standard InChI is InChI=1S/C19H25N3O4S/c1-19(2,3)26-18(23)22-10-6-7-14(12-22)13-27(24,25)17-11-20-15-8-4-5-9-16(15)21-17/h4-5,8-9,11,14H,6-7,10,12-13H2,1-3H3/t14-/m0/s1. The molecule has 1 saturated heterocycles. The van der Waals surface area contributed by atoms with Crippen LogP contribution in [0.2, 0.25) is 0 Å². The van der Waals surface area contributed by atoms with Crippen LogP contribution in [0.25, 0.3) is 11.0 Å². The van der Waals surface area contributed by atoms with Crippen molar-refractivity contribution in [3.8, 4) is 0 Å². The van der Waals surface area contributed by atoms with Gasteiger partial charge in [-0.2, -0.15) is 0 Å². The Hall–Kier alpha value is -2.22. The van der Waals surface area contributed by atoms with E-state index in [2.05, 4.69) is 9.97 Å². The molecule has 1 atom stereocenters. The van der Waals surface area contributed by atoms with Gasteiger partial charge in [0.15, 0.2) is 14.9 Å². The zero-order valence-corrected chi connectivity index (χ0v) is 16.7. The van der Waals surface area contributed by atoms with Crippen molar-refractivity contribution in [3.63, 3.8) is 0 Å². The average Bonchev–Trinajstić information content (AvgIpc) is 2.59. The summed E-state index contributed by atoms with van der Waals surface area (Å²) < 4.78 is 31.0. The summed E-state index contributed by atoms with van der Waals surface area (Å²) in [6.07, 6.45) is 2.42. The summed E-state index contributed by atoms with van der Waals surface area (Å²) in [6, 6.07) is 7.16. The molecule has 0 bridgehead atoms. The van der Waals surface area contributed by atoms with Crippen LogP contribution in [0.4, 0.5) is 4.79 Å². The van der Waals surface area contributed by atoms with Crippen molar-refractivity contribution in [1.29, 1.82) is 0 Å². The molecular formula is C19H25N3O4S. The molecule has 1 fully saturated rings. The number of carbonyl (C=O) groups is 1. The fourth-order valence-electron chi connectivity index (χ4n) is 3.18. The van der Waals surface area contributed by atoms with Gasteiger partial charge in [0.2, 0.25) is 0 Å². The Kier molecular flexibility index (Phi) is 5.37. The number of piperidine rings is 1. The van der Waals surface area contributed by atoms with Gasteiger partial charge >= 0.3 is 6.09 Å². The van der Waals surface area contributed by atoms with E-state index in [1.165, 1.54) is 6.20 Å². The van der Waals surface area contributed by atoms with Gasteiger partial charge in [0.05, 0.1) is 23.0 Å². The predicted octanol–water partition coefficient (Wildman–Crippen LogP) is 3.05. The minimum absolute atomic E-state index is 0.0180. The van der Waals surface area contributed by atoms with Gasteiger partial charge in [0.25, 0.3) is 0 Å². The van der Waals surface area contributed by atoms with Crippen LogP contribution in [0, 0.1) is 5.92 Å². The second-order valence-electron chi connectivity index (χ2n) is 7.91. The van der Waals surface area contributed by atoms with Crippen LogP contribution < -0.4 is 0 Å². The Bertz CT molecular complexity index is 937. The summed E-state index contributed by atoms with van der Waals surface area (Å²) in [5.74, 6) is -0.205. The molecule has 1 aromatic heterocycles. The number of hydrogen-bond acceptors (Lipinski definition) is 6. The van der Waals surface area contributed by atoms with Crippen molar-refractivity contribution in [2.24, 2.45) is 5.92 Å². The molecule has 1 aliphatic heterocycles. The van der Waals surface area contributed by atoms with E-state index < -0.39 is 21.5 Å². The minimum Gasteiger partial charge on any atom is -0.444 e. The Balaban J connectivity index is 1.71. The van der Waals surface area contributed by atoms with Gasteiger partial charge in [0, 0.05) is 13.1 Å². The monoisotopic (exact) mass is 391 g/mol. The highest BCUT2D eigenvalue weighted by Crippen LogP contribution is 2.23. The molecule has 7 nitrogen and oxygen atoms in total. The second kappa shape index (κ2) is 7.42. The largest absolute Gasteiger partial charge is 0.444 e. The molecule has 146 valence electrons. The number of amides is 1. The van der Waals surface area contributed by atoms with Crippen molar-refractivity contribution in [3.05, 3.63) is 30.5 Å². The molecule has 27 heavy (non-hydrogen) atoms. The van der Waals surface area contributed by atoms with Crippen LogP contribution in [-0.2, 0) is 14.6 Å². The second-order valence-corrected chi connectivity index (χ2v) is 9.89. The first kappa shape index (κ1) is 19.5. The van der Waals surface area contributed by atoms with Crippen LogP contribution in [0.3, 0.4) is 0 Å². The number of para-hydroxylation sites is 2. The number of ether oxygens (including phenoxy) is 1. The van der Waals surface area contributed by atoms with Crippen LogP contribution in [-0.4, -0.2) is 53.8 Å². The molecule has 0 unspecified atom stereocenters. The third-order valence-corrected chi connectivity index (χ3v) is 6.12. The lowest BCUT2D eigenvalue weighted by molar-refractivity contribution is 0.0176. The van der Waals surface area contributed by atoms with E-state index in [4.69, 9.17) is 4.74 Å². The molecule has 0 radical (unpaired) electrons. The van der Waals surface area contributed by atoms with Crippen LogP contribution in [0.5, 0.6) is 0 Å². The van der Waals surface area contributed by atoms with E-state index in [9.17, 15) is 13.2 Å². The van der Waals surface area contributed by atoms with Crippen molar-refractivity contribution in [1.82, 2.24) is 14.9 Å². The van der Waals surface area contributed by atoms with Gasteiger partial charge in [-0.05, 0) is 51.7 Å². The molecular weight excluding hydrogens is 366 g/mol. The number of nitrogens with zero attached hydrogens (tertiary/aromatic N) is 3. The lowest BCUT2D eigenvalue weighted by Gasteiger charge is -2.33. The van der Waals surface area contributed by atoms with Crippen molar-refractivity contribution >= 4 is 27.0 Å². The number of likely N-dealkylation sites (tertiary alicyclic amines) is 1. The Morgan fingerprint density at radius 3 is 2.67 bits per heavy atom. The first-order valence-corrected chi connectivity index (χ1v) is 10.7. The predicted molar refractivity (Wildman–Crippen MR) is 102 cm³/mol. The molecule has 1 amide bonds. The summed E-state index contributed by atoms with van der Waals surface area (Å²) in [5.41, 5.74) is 0.638. The van der Waals surface area contributed by atoms with E-state index in [1.807, 2.05) is 26.8 Å². The fraction of sp³-hybridized carbons (Fsp3) is 0.526. The summed E-state index contributed by atoms with van der Waals surface area (Å²) >= 11 is 0. The molecule has 8 heteroatoms. The maximum atomic E-state index is 12.8. The lowest BCUT2D eigenvalue weighted by Crippen LogP contribution is -2.44. The molecule has 0 saturated carbocycles. The van der Waals surface area contributed by atoms with Crippen LogP contribution in [0.15, 0.2) is 35.5 Å². The number of rotatable bonds is 3. The molecule has 0 spiro atoms. The highest BCUT2D eigenvalue weighted by molar-refractivity contribution is 7.91. The first-order chi connectivity index (χ1) is 12.6. The SMILES string of the molecule is CC(C)(C)OC(=O)N1CCC[C@H](CS(=O)(=O)c2cnc3ccccc3n2)C1. The van der Waals surface area contributed by atoms with E-state index in [0.717, 1.165) is 12.8 Å². The number of sulfone groups is 1. The Labute approximate surface area is 159 Å². The molecule has 1 aromatic carbocycles. The molecule has 2 aromatic rings. The fourth-order valence-corrected chi connectivity index (χ4v) is 4.69. The van der Waals surface area contributed by atoms with Crippen molar-refractivity contribution in [2.75, 3.05) is 18.8 Å². The van der Waals surface area contributed by atoms with Crippen LogP contribution >= 0.6 is 0 Å². The number of benzene rings is 1. The number of carbonyl (C=O) groups excluding carboxylic acids is 1. The third kappa shape index (κ3) is 4.94. The Morgan fingerprint density at radius 1 is 1.26 bits per heavy atom. The summed E-state index contributed by atoms with van der Waals surface area (Å²) in [7, 11) is -3.59. The molecule has 2 heterocycles. The topological polar surface area (TPSA) is 89.5 Å². The maximum absolute atomic E-state index is 12.8. The highest BCUT2D eigenvalue weighted by Gasteiger charge is 2.31. The average molecular weight is 391 g/mol. The van der Waals surface area contributed by atoms with Crippen molar-refractivity contribution in [2.45, 2.75) is 44.2 Å². The maximum Gasteiger partial charge on any atom is 0.410 e. The Morgan fingerprint density at radius 2 is 1.96 bits per heavy atom. The van der Waals surface area contributed by atoms with Crippen molar-refractivity contribution < 1.29 is 17.9 Å². The smallest absolute Gasteiger partial charge is 0.410 e. The number of fused-ring (bicyclic) bond motifs is 1. The van der Waals surface area contributed by atoms with Crippen LogP contribution in [0.1, 0.15) is 33.6 Å². The molecule has 0 N–H and O–H groups in total. The molecule has 1 aliphatic rings. The summed E-state index contributed by atoms with van der Waals surface area (Å²) in [6.45, 7) is 6.40. The molecule has 3 rings (SSSR count).